The van der Waals surface area contributed by atoms with Crippen LogP contribution in [0, 0.1) is 0 Å². The maximum atomic E-state index is 11.6. The maximum Gasteiger partial charge on any atom is 0.216 e. The molecule has 2 nitrogen and oxygen atoms in total. The predicted octanol–water partition coefficient (Wildman–Crippen LogP) is 5.45. The van der Waals surface area contributed by atoms with Crippen molar-refractivity contribution in [2.24, 2.45) is 0 Å². The highest BCUT2D eigenvalue weighted by molar-refractivity contribution is 8.15. The van der Waals surface area contributed by atoms with E-state index in [1.165, 1.54) is 23.9 Å². The van der Waals surface area contributed by atoms with Crippen molar-refractivity contribution in [2.75, 3.05) is 0 Å². The number of thioether (sulfide) groups is 2. The third-order valence-corrected chi connectivity index (χ3v) is 5.97. The van der Waals surface area contributed by atoms with Gasteiger partial charge >= 0.3 is 0 Å². The van der Waals surface area contributed by atoms with E-state index in [1.54, 1.807) is 0 Å². The van der Waals surface area contributed by atoms with Gasteiger partial charge in [-0.1, -0.05) is 49.2 Å². The van der Waals surface area contributed by atoms with Crippen molar-refractivity contribution in [2.45, 2.75) is 19.6 Å². The highest BCUT2D eigenvalue weighted by atomic mass is 32.2. The van der Waals surface area contributed by atoms with E-state index in [4.69, 9.17) is 0 Å². The molecular formula is C18H14O2S3. The lowest BCUT2D eigenvalue weighted by Crippen LogP contribution is -1.88. The largest absolute Gasteiger partial charge is 0.282 e. The van der Waals surface area contributed by atoms with Gasteiger partial charge in [-0.2, -0.15) is 0 Å². The molecule has 0 bridgehead atoms. The molecule has 0 aromatic heterocycles. The Morgan fingerprint density at radius 1 is 0.696 bits per heavy atom. The SMILES string of the molecule is C=CC(=O)Sc1ccccc1Sc1ccccc1SC(=O)C=C. The summed E-state index contributed by atoms with van der Waals surface area (Å²) in [6, 6.07) is 15.4. The fourth-order valence-electron chi connectivity index (χ4n) is 1.66. The Morgan fingerprint density at radius 3 is 1.39 bits per heavy atom. The van der Waals surface area contributed by atoms with Gasteiger partial charge in [-0.3, -0.25) is 9.59 Å². The van der Waals surface area contributed by atoms with Gasteiger partial charge in [-0.25, -0.2) is 0 Å². The molecule has 0 atom stereocenters. The molecule has 2 aromatic rings. The topological polar surface area (TPSA) is 34.1 Å². The van der Waals surface area contributed by atoms with Gasteiger partial charge in [0.05, 0.1) is 0 Å². The summed E-state index contributed by atoms with van der Waals surface area (Å²) in [4.78, 5) is 26.9. The van der Waals surface area contributed by atoms with Crippen molar-refractivity contribution in [3.8, 4) is 0 Å². The van der Waals surface area contributed by atoms with Gasteiger partial charge in [0.25, 0.3) is 0 Å². The van der Waals surface area contributed by atoms with Crippen molar-refractivity contribution < 1.29 is 9.59 Å². The molecule has 2 rings (SSSR count). The van der Waals surface area contributed by atoms with E-state index in [9.17, 15) is 9.59 Å². The van der Waals surface area contributed by atoms with E-state index in [1.807, 2.05) is 48.5 Å². The molecular weight excluding hydrogens is 344 g/mol. The van der Waals surface area contributed by atoms with Crippen LogP contribution in [0.5, 0.6) is 0 Å². The Morgan fingerprint density at radius 2 is 1.04 bits per heavy atom. The average Bonchev–Trinajstić information content (AvgIpc) is 2.58. The van der Waals surface area contributed by atoms with E-state index in [0.717, 1.165) is 43.1 Å². The summed E-state index contributed by atoms with van der Waals surface area (Å²) in [6.45, 7) is 7.00. The van der Waals surface area contributed by atoms with Crippen LogP contribution in [0.3, 0.4) is 0 Å². The molecule has 0 aliphatic carbocycles. The number of hydrogen-bond acceptors (Lipinski definition) is 5. The van der Waals surface area contributed by atoms with E-state index in [-0.39, 0.29) is 10.2 Å². The van der Waals surface area contributed by atoms with Crippen LogP contribution in [0.25, 0.3) is 0 Å². The molecule has 0 heterocycles. The summed E-state index contributed by atoms with van der Waals surface area (Å²) in [5.41, 5.74) is 0. The first-order chi connectivity index (χ1) is 11.1. The van der Waals surface area contributed by atoms with E-state index < -0.39 is 0 Å². The molecule has 0 N–H and O–H groups in total. The van der Waals surface area contributed by atoms with Gasteiger partial charge in [-0.05, 0) is 59.9 Å². The van der Waals surface area contributed by atoms with Crippen LogP contribution in [0.1, 0.15) is 0 Å². The Kier molecular flexibility index (Phi) is 6.77. The molecule has 116 valence electrons. The number of hydrogen-bond donors (Lipinski definition) is 0. The Labute approximate surface area is 148 Å². The molecule has 0 aliphatic rings. The summed E-state index contributed by atoms with van der Waals surface area (Å²) in [7, 11) is 0. The molecule has 0 aliphatic heterocycles. The van der Waals surface area contributed by atoms with Gasteiger partial charge in [0.1, 0.15) is 0 Å². The lowest BCUT2D eigenvalue weighted by Gasteiger charge is -2.10. The lowest BCUT2D eigenvalue weighted by atomic mass is 10.4. The standard InChI is InChI=1S/C18H14O2S3/c1-3-17(19)22-15-11-7-5-9-13(15)21-14-10-6-8-12-16(14)23-18(20)4-2/h3-12H,1-2H2. The first-order valence-electron chi connectivity index (χ1n) is 6.68. The predicted molar refractivity (Wildman–Crippen MR) is 99.1 cm³/mol. The number of benzene rings is 2. The zero-order valence-corrected chi connectivity index (χ0v) is 14.7. The minimum atomic E-state index is -0.0949. The Balaban J connectivity index is 2.29. The number of carbonyl (C=O) groups excluding carboxylic acids is 2. The van der Waals surface area contributed by atoms with E-state index in [2.05, 4.69) is 13.2 Å². The summed E-state index contributed by atoms with van der Waals surface area (Å²) in [5, 5.41) is -0.190. The Hall–Kier alpha value is -1.69. The molecule has 2 aromatic carbocycles. The quantitative estimate of drug-likeness (QED) is 0.507. The van der Waals surface area contributed by atoms with Crippen molar-refractivity contribution in [3.63, 3.8) is 0 Å². The first-order valence-corrected chi connectivity index (χ1v) is 9.13. The molecule has 0 radical (unpaired) electrons. The van der Waals surface area contributed by atoms with Crippen LogP contribution in [0.2, 0.25) is 0 Å². The normalized spacial score (nSPS) is 10.1. The monoisotopic (exact) mass is 358 g/mol. The minimum absolute atomic E-state index is 0.0949. The first kappa shape index (κ1) is 17.7. The zero-order chi connectivity index (χ0) is 16.7. The third kappa shape index (κ3) is 5.16. The van der Waals surface area contributed by atoms with Gasteiger partial charge < -0.3 is 0 Å². The molecule has 0 saturated carbocycles. The van der Waals surface area contributed by atoms with Crippen LogP contribution >= 0.6 is 35.3 Å². The fraction of sp³-hybridized carbons (Fsp3) is 0. The summed E-state index contributed by atoms with van der Waals surface area (Å²) in [6.07, 6.45) is 2.61. The second kappa shape index (κ2) is 8.82. The number of carbonyl (C=O) groups is 2. The summed E-state index contributed by atoms with van der Waals surface area (Å²) in [5.74, 6) is 0. The van der Waals surface area contributed by atoms with Crippen LogP contribution < -0.4 is 0 Å². The molecule has 0 saturated heterocycles. The fourth-order valence-corrected chi connectivity index (χ4v) is 4.25. The minimum Gasteiger partial charge on any atom is -0.282 e. The summed E-state index contributed by atoms with van der Waals surface area (Å²) < 4.78 is 0. The van der Waals surface area contributed by atoms with Crippen LogP contribution in [0.15, 0.2) is 93.4 Å². The molecule has 0 spiro atoms. The highest BCUT2D eigenvalue weighted by Gasteiger charge is 2.11. The summed E-state index contributed by atoms with van der Waals surface area (Å²) >= 11 is 3.82. The van der Waals surface area contributed by atoms with Crippen molar-refractivity contribution >= 4 is 45.5 Å². The second-order valence-electron chi connectivity index (χ2n) is 4.25. The highest BCUT2D eigenvalue weighted by Crippen LogP contribution is 2.40. The Bertz CT molecular complexity index is 690. The number of rotatable bonds is 6. The van der Waals surface area contributed by atoms with Gasteiger partial charge in [-0.15, -0.1) is 0 Å². The van der Waals surface area contributed by atoms with Crippen LogP contribution in [0.4, 0.5) is 0 Å². The van der Waals surface area contributed by atoms with Crippen molar-refractivity contribution in [1.29, 1.82) is 0 Å². The molecule has 5 heteroatoms. The molecule has 0 fully saturated rings. The van der Waals surface area contributed by atoms with Crippen molar-refractivity contribution in [3.05, 3.63) is 73.8 Å². The lowest BCUT2D eigenvalue weighted by molar-refractivity contribution is -0.107. The molecule has 23 heavy (non-hydrogen) atoms. The van der Waals surface area contributed by atoms with Gasteiger partial charge in [0, 0.05) is 19.6 Å². The third-order valence-electron chi connectivity index (χ3n) is 2.67. The smallest absolute Gasteiger partial charge is 0.216 e. The van der Waals surface area contributed by atoms with E-state index >= 15 is 0 Å². The average molecular weight is 359 g/mol. The maximum absolute atomic E-state index is 11.6. The van der Waals surface area contributed by atoms with Gasteiger partial charge in [0.2, 0.25) is 10.2 Å². The van der Waals surface area contributed by atoms with Gasteiger partial charge in [0.15, 0.2) is 0 Å². The second-order valence-corrected chi connectivity index (χ2v) is 7.42. The molecule has 0 unspecified atom stereocenters. The van der Waals surface area contributed by atoms with E-state index in [0.29, 0.717) is 0 Å². The van der Waals surface area contributed by atoms with Crippen LogP contribution in [-0.2, 0) is 9.59 Å². The van der Waals surface area contributed by atoms with Crippen molar-refractivity contribution in [1.82, 2.24) is 0 Å². The molecule has 0 amide bonds. The van der Waals surface area contributed by atoms with Crippen LogP contribution in [-0.4, -0.2) is 10.2 Å². The zero-order valence-electron chi connectivity index (χ0n) is 12.2.